The van der Waals surface area contributed by atoms with Crippen molar-refractivity contribution in [2.75, 3.05) is 36.4 Å². The average molecular weight is 356 g/mol. The molecule has 1 N–H and O–H groups in total. The Kier molecular flexibility index (Phi) is 6.44. The molecule has 0 aliphatic carbocycles. The van der Waals surface area contributed by atoms with Crippen molar-refractivity contribution in [1.29, 1.82) is 0 Å². The fraction of sp³-hybridized carbons (Fsp3) is 0.562. The van der Waals surface area contributed by atoms with Crippen molar-refractivity contribution in [3.8, 4) is 5.75 Å². The van der Waals surface area contributed by atoms with E-state index in [2.05, 4.69) is 5.32 Å². The summed E-state index contributed by atoms with van der Waals surface area (Å²) in [5, 5.41) is 2.77. The normalized spacial score (nSPS) is 17.1. The van der Waals surface area contributed by atoms with Crippen LogP contribution in [0.4, 0.5) is 5.69 Å². The largest absolute Gasteiger partial charge is 0.476 e. The van der Waals surface area contributed by atoms with Crippen molar-refractivity contribution in [2.24, 2.45) is 0 Å². The number of carbonyl (C=O) groups is 1. The first-order valence-electron chi connectivity index (χ1n) is 8.11. The fourth-order valence-corrected chi connectivity index (χ4v) is 3.53. The Labute approximate surface area is 143 Å². The highest BCUT2D eigenvalue weighted by Crippen LogP contribution is 2.34. The van der Waals surface area contributed by atoms with E-state index in [0.717, 1.165) is 0 Å². The highest BCUT2D eigenvalue weighted by Gasteiger charge is 2.35. The van der Waals surface area contributed by atoms with Gasteiger partial charge in [0.25, 0.3) is 5.91 Å². The fourth-order valence-electron chi connectivity index (χ4n) is 2.40. The molecule has 1 aromatic rings. The van der Waals surface area contributed by atoms with Crippen LogP contribution in [0.25, 0.3) is 0 Å². The number of amides is 1. The van der Waals surface area contributed by atoms with Gasteiger partial charge >= 0.3 is 0 Å². The van der Waals surface area contributed by atoms with Gasteiger partial charge in [0, 0.05) is 19.8 Å². The van der Waals surface area contributed by atoms with Gasteiger partial charge in [-0.1, -0.05) is 12.1 Å². The van der Waals surface area contributed by atoms with Gasteiger partial charge in [-0.2, -0.15) is 0 Å². The molecule has 0 radical (unpaired) electrons. The number of rotatable bonds is 8. The number of benzene rings is 1. The summed E-state index contributed by atoms with van der Waals surface area (Å²) in [7, 11) is -3.48. The Morgan fingerprint density at radius 2 is 2.12 bits per heavy atom. The predicted molar refractivity (Wildman–Crippen MR) is 91.8 cm³/mol. The summed E-state index contributed by atoms with van der Waals surface area (Å²) in [4.78, 5) is 12.3. The van der Waals surface area contributed by atoms with Crippen molar-refractivity contribution < 1.29 is 22.7 Å². The van der Waals surface area contributed by atoms with Gasteiger partial charge < -0.3 is 14.8 Å². The third kappa shape index (κ3) is 4.39. The van der Waals surface area contributed by atoms with Gasteiger partial charge in [0.2, 0.25) is 10.0 Å². The van der Waals surface area contributed by atoms with Crippen molar-refractivity contribution in [2.45, 2.75) is 26.4 Å². The Balaban J connectivity index is 2.07. The van der Waals surface area contributed by atoms with Gasteiger partial charge in [0.15, 0.2) is 6.10 Å². The lowest BCUT2D eigenvalue weighted by Crippen LogP contribution is -2.51. The van der Waals surface area contributed by atoms with Crippen molar-refractivity contribution in [3.63, 3.8) is 0 Å². The SMILES string of the molecule is CCOCCCNC(=O)C1CN(S(=O)(=O)CC)c2ccccc2O1. The van der Waals surface area contributed by atoms with Crippen LogP contribution in [0.5, 0.6) is 5.75 Å². The van der Waals surface area contributed by atoms with E-state index in [9.17, 15) is 13.2 Å². The van der Waals surface area contributed by atoms with Crippen LogP contribution < -0.4 is 14.4 Å². The maximum Gasteiger partial charge on any atom is 0.263 e. The van der Waals surface area contributed by atoms with E-state index in [-0.39, 0.29) is 18.2 Å². The molecule has 0 saturated heterocycles. The van der Waals surface area contributed by atoms with Crippen LogP contribution in [-0.2, 0) is 19.6 Å². The molecule has 1 amide bonds. The van der Waals surface area contributed by atoms with Gasteiger partial charge in [0.1, 0.15) is 5.75 Å². The summed E-state index contributed by atoms with van der Waals surface area (Å²) in [5.41, 5.74) is 0.472. The first kappa shape index (κ1) is 18.5. The molecule has 0 bridgehead atoms. The lowest BCUT2D eigenvalue weighted by molar-refractivity contribution is -0.127. The van der Waals surface area contributed by atoms with Crippen LogP contribution in [0, 0.1) is 0 Å². The van der Waals surface area contributed by atoms with E-state index in [0.29, 0.717) is 37.6 Å². The Hall–Kier alpha value is -1.80. The predicted octanol–water partition coefficient (Wildman–Crippen LogP) is 1.15. The van der Waals surface area contributed by atoms with Gasteiger partial charge in [-0.05, 0) is 32.4 Å². The number of fused-ring (bicyclic) bond motifs is 1. The van der Waals surface area contributed by atoms with E-state index in [1.54, 1.807) is 31.2 Å². The molecule has 0 fully saturated rings. The van der Waals surface area contributed by atoms with Gasteiger partial charge in [-0.25, -0.2) is 8.42 Å². The van der Waals surface area contributed by atoms with Gasteiger partial charge in [-0.3, -0.25) is 9.10 Å². The number of ether oxygens (including phenoxy) is 2. The molecule has 1 aliphatic rings. The number of carbonyl (C=O) groups excluding carboxylic acids is 1. The number of sulfonamides is 1. The molecule has 8 heteroatoms. The van der Waals surface area contributed by atoms with E-state index in [4.69, 9.17) is 9.47 Å². The molecule has 0 saturated carbocycles. The van der Waals surface area contributed by atoms with Crippen molar-refractivity contribution >= 4 is 21.6 Å². The number of para-hydroxylation sites is 2. The molecule has 0 spiro atoms. The summed E-state index contributed by atoms with van der Waals surface area (Å²) in [6.07, 6.45) is -0.173. The van der Waals surface area contributed by atoms with E-state index < -0.39 is 16.1 Å². The number of nitrogens with one attached hydrogen (secondary N) is 1. The molecular weight excluding hydrogens is 332 g/mol. The van der Waals surface area contributed by atoms with Crippen LogP contribution in [0.15, 0.2) is 24.3 Å². The Morgan fingerprint density at radius 1 is 1.38 bits per heavy atom. The number of hydrogen-bond acceptors (Lipinski definition) is 5. The smallest absolute Gasteiger partial charge is 0.263 e. The second-order valence-electron chi connectivity index (χ2n) is 5.35. The Bertz CT molecular complexity index is 662. The standard InChI is InChI=1S/C16H24N2O5S/c1-3-22-11-7-10-17-16(19)15-12-18(24(20,21)4-2)13-8-5-6-9-14(13)23-15/h5-6,8-9,15H,3-4,7,10-12H2,1-2H3,(H,17,19). The van der Waals surface area contributed by atoms with Crippen LogP contribution >= 0.6 is 0 Å². The van der Waals surface area contributed by atoms with Gasteiger partial charge in [-0.15, -0.1) is 0 Å². The molecule has 1 heterocycles. The van der Waals surface area contributed by atoms with Crippen molar-refractivity contribution in [1.82, 2.24) is 5.32 Å². The summed E-state index contributed by atoms with van der Waals surface area (Å²) < 4.78 is 36.8. The molecular formula is C16H24N2O5S. The zero-order valence-corrected chi connectivity index (χ0v) is 14.8. The number of hydrogen-bond donors (Lipinski definition) is 1. The minimum atomic E-state index is -3.48. The molecule has 2 rings (SSSR count). The van der Waals surface area contributed by atoms with Crippen LogP contribution in [-0.4, -0.2) is 52.5 Å². The lowest BCUT2D eigenvalue weighted by atomic mass is 10.2. The quantitative estimate of drug-likeness (QED) is 0.706. The first-order chi connectivity index (χ1) is 11.5. The minimum Gasteiger partial charge on any atom is -0.476 e. The second kappa shape index (κ2) is 8.34. The molecule has 7 nitrogen and oxygen atoms in total. The second-order valence-corrected chi connectivity index (χ2v) is 7.53. The molecule has 1 unspecified atom stereocenters. The highest BCUT2D eigenvalue weighted by molar-refractivity contribution is 7.92. The average Bonchev–Trinajstić information content (AvgIpc) is 2.60. The van der Waals surface area contributed by atoms with Crippen LogP contribution in [0.1, 0.15) is 20.3 Å². The highest BCUT2D eigenvalue weighted by atomic mass is 32.2. The van der Waals surface area contributed by atoms with Gasteiger partial charge in [0.05, 0.1) is 18.0 Å². The minimum absolute atomic E-state index is 0.0233. The summed E-state index contributed by atoms with van der Waals surface area (Å²) in [6, 6.07) is 6.84. The van der Waals surface area contributed by atoms with Crippen LogP contribution in [0.2, 0.25) is 0 Å². The monoisotopic (exact) mass is 356 g/mol. The molecule has 1 atom stereocenters. The first-order valence-corrected chi connectivity index (χ1v) is 9.72. The van der Waals surface area contributed by atoms with Crippen molar-refractivity contribution in [3.05, 3.63) is 24.3 Å². The molecule has 1 aliphatic heterocycles. The molecule has 24 heavy (non-hydrogen) atoms. The van der Waals surface area contributed by atoms with E-state index in [1.807, 2.05) is 6.92 Å². The zero-order chi connectivity index (χ0) is 17.6. The third-order valence-corrected chi connectivity index (χ3v) is 5.44. The molecule has 134 valence electrons. The summed E-state index contributed by atoms with van der Waals surface area (Å²) in [5.74, 6) is 0.0388. The molecule has 0 aromatic heterocycles. The van der Waals surface area contributed by atoms with E-state index in [1.165, 1.54) is 4.31 Å². The zero-order valence-electron chi connectivity index (χ0n) is 14.0. The lowest BCUT2D eigenvalue weighted by Gasteiger charge is -2.34. The number of anilines is 1. The van der Waals surface area contributed by atoms with E-state index >= 15 is 0 Å². The summed E-state index contributed by atoms with van der Waals surface area (Å²) >= 11 is 0. The number of nitrogens with zero attached hydrogens (tertiary/aromatic N) is 1. The molecule has 1 aromatic carbocycles. The Morgan fingerprint density at radius 3 is 2.83 bits per heavy atom. The third-order valence-electron chi connectivity index (χ3n) is 3.70. The van der Waals surface area contributed by atoms with Crippen LogP contribution in [0.3, 0.4) is 0 Å². The maximum atomic E-state index is 12.3. The topological polar surface area (TPSA) is 84.9 Å². The summed E-state index contributed by atoms with van der Waals surface area (Å²) in [6.45, 7) is 5.14. The maximum absolute atomic E-state index is 12.3.